The molecule has 2 amide bonds. The first kappa shape index (κ1) is 30.5. The fourth-order valence-corrected chi connectivity index (χ4v) is 4.75. The van der Waals surface area contributed by atoms with Crippen LogP contribution in [0.25, 0.3) is 11.1 Å². The topological polar surface area (TPSA) is 108 Å². The van der Waals surface area contributed by atoms with E-state index in [1.165, 1.54) is 5.56 Å². The van der Waals surface area contributed by atoms with E-state index in [1.807, 2.05) is 45.9 Å². The Labute approximate surface area is 237 Å². The lowest BCUT2D eigenvalue weighted by Gasteiger charge is -2.32. The van der Waals surface area contributed by atoms with E-state index in [-0.39, 0.29) is 18.4 Å². The SMILES string of the molecule is Cc1cccc(-c2ccc(CCC[C@H](CC(=O)O)C(=O)N[C@H](C(=O)N[C@H](C)c3ccncc3)C(C)(C)C)cc2)c1. The van der Waals surface area contributed by atoms with E-state index < -0.39 is 29.3 Å². The van der Waals surface area contributed by atoms with Crippen molar-refractivity contribution in [2.24, 2.45) is 11.3 Å². The molecule has 7 nitrogen and oxygen atoms in total. The summed E-state index contributed by atoms with van der Waals surface area (Å²) in [7, 11) is 0. The summed E-state index contributed by atoms with van der Waals surface area (Å²) in [5.41, 5.74) is 4.96. The molecule has 0 unspecified atom stereocenters. The van der Waals surface area contributed by atoms with Crippen molar-refractivity contribution in [2.75, 3.05) is 0 Å². The number of carbonyl (C=O) groups is 3. The monoisotopic (exact) mass is 543 g/mol. The summed E-state index contributed by atoms with van der Waals surface area (Å²) in [5, 5.41) is 15.3. The van der Waals surface area contributed by atoms with Gasteiger partial charge in [-0.05, 0) is 72.9 Å². The van der Waals surface area contributed by atoms with Crippen LogP contribution in [0, 0.1) is 18.3 Å². The number of carboxylic acids is 1. The Morgan fingerprint density at radius 1 is 0.900 bits per heavy atom. The summed E-state index contributed by atoms with van der Waals surface area (Å²) in [4.78, 5) is 42.2. The second-order valence-electron chi connectivity index (χ2n) is 11.6. The van der Waals surface area contributed by atoms with Crippen LogP contribution < -0.4 is 10.6 Å². The molecule has 0 aliphatic rings. The zero-order valence-corrected chi connectivity index (χ0v) is 24.1. The lowest BCUT2D eigenvalue weighted by Crippen LogP contribution is -2.55. The predicted octanol–water partition coefficient (Wildman–Crippen LogP) is 5.88. The molecule has 3 atom stereocenters. The summed E-state index contributed by atoms with van der Waals surface area (Å²) in [5.74, 6) is -2.50. The first-order valence-electron chi connectivity index (χ1n) is 13.8. The van der Waals surface area contributed by atoms with E-state index in [4.69, 9.17) is 0 Å². The van der Waals surface area contributed by atoms with E-state index in [1.54, 1.807) is 12.4 Å². The van der Waals surface area contributed by atoms with Crippen LogP contribution in [0.2, 0.25) is 0 Å². The number of hydrogen-bond acceptors (Lipinski definition) is 4. The number of pyridine rings is 1. The molecule has 3 rings (SSSR count). The van der Waals surface area contributed by atoms with Crippen LogP contribution in [-0.2, 0) is 20.8 Å². The minimum Gasteiger partial charge on any atom is -0.481 e. The number of benzene rings is 2. The summed E-state index contributed by atoms with van der Waals surface area (Å²) in [6.07, 6.45) is 4.82. The zero-order chi connectivity index (χ0) is 29.3. The van der Waals surface area contributed by atoms with Crippen molar-refractivity contribution >= 4 is 17.8 Å². The highest BCUT2D eigenvalue weighted by Gasteiger charge is 2.35. The van der Waals surface area contributed by atoms with E-state index >= 15 is 0 Å². The maximum absolute atomic E-state index is 13.3. The number of aliphatic carboxylic acids is 1. The van der Waals surface area contributed by atoms with Gasteiger partial charge in [-0.15, -0.1) is 0 Å². The van der Waals surface area contributed by atoms with Crippen LogP contribution in [0.4, 0.5) is 0 Å². The van der Waals surface area contributed by atoms with Gasteiger partial charge in [0.2, 0.25) is 11.8 Å². The quantitative estimate of drug-likeness (QED) is 0.264. The first-order valence-corrected chi connectivity index (χ1v) is 13.8. The molecule has 0 aliphatic carbocycles. The number of amides is 2. The number of aromatic nitrogens is 1. The summed E-state index contributed by atoms with van der Waals surface area (Å²) < 4.78 is 0. The molecule has 0 saturated heterocycles. The minimum absolute atomic E-state index is 0.274. The minimum atomic E-state index is -1.04. The fourth-order valence-electron chi connectivity index (χ4n) is 4.75. The van der Waals surface area contributed by atoms with Gasteiger partial charge in [-0.2, -0.15) is 0 Å². The van der Waals surface area contributed by atoms with Gasteiger partial charge >= 0.3 is 5.97 Å². The number of carboxylic acid groups (broad SMARTS) is 1. The number of carbonyl (C=O) groups excluding carboxylic acids is 2. The molecule has 3 aromatic rings. The molecule has 7 heteroatoms. The molecule has 2 aromatic carbocycles. The normalized spacial score (nSPS) is 13.6. The molecule has 0 radical (unpaired) electrons. The number of nitrogens with one attached hydrogen (secondary N) is 2. The number of rotatable bonds is 12. The zero-order valence-electron chi connectivity index (χ0n) is 24.1. The van der Waals surface area contributed by atoms with Gasteiger partial charge in [-0.1, -0.05) is 74.9 Å². The number of nitrogens with zero attached hydrogens (tertiary/aromatic N) is 1. The molecular weight excluding hydrogens is 502 g/mol. The molecule has 0 aliphatic heterocycles. The van der Waals surface area contributed by atoms with E-state index in [0.717, 1.165) is 28.7 Å². The molecule has 40 heavy (non-hydrogen) atoms. The Hall–Kier alpha value is -4.00. The summed E-state index contributed by atoms with van der Waals surface area (Å²) in [6, 6.07) is 19.2. The summed E-state index contributed by atoms with van der Waals surface area (Å²) >= 11 is 0. The average molecular weight is 544 g/mol. The smallest absolute Gasteiger partial charge is 0.304 e. The standard InChI is InChI=1S/C33H41N3O4/c1-22-8-6-10-27(20-22)26-14-12-24(13-15-26)9-7-11-28(21-29(37)38)31(39)36-30(33(3,4)5)32(40)35-23(2)25-16-18-34-19-17-25/h6,8,10,12-20,23,28,30H,7,9,11,21H2,1-5H3,(H,35,40)(H,36,39)(H,37,38)/t23-,28-,30-/m1/s1. The van der Waals surface area contributed by atoms with Crippen LogP contribution in [0.1, 0.15) is 69.7 Å². The lowest BCUT2D eigenvalue weighted by molar-refractivity contribution is -0.142. The van der Waals surface area contributed by atoms with Crippen molar-refractivity contribution in [2.45, 2.75) is 72.4 Å². The van der Waals surface area contributed by atoms with Crippen molar-refractivity contribution in [1.29, 1.82) is 0 Å². The van der Waals surface area contributed by atoms with E-state index in [2.05, 4.69) is 65.0 Å². The molecule has 0 fully saturated rings. The Morgan fingerprint density at radius 2 is 1.57 bits per heavy atom. The predicted molar refractivity (Wildman–Crippen MR) is 157 cm³/mol. The Morgan fingerprint density at radius 3 is 2.17 bits per heavy atom. The van der Waals surface area contributed by atoms with Crippen molar-refractivity contribution in [3.05, 3.63) is 89.7 Å². The highest BCUT2D eigenvalue weighted by molar-refractivity contribution is 5.90. The molecule has 0 saturated carbocycles. The molecule has 1 heterocycles. The van der Waals surface area contributed by atoms with Crippen molar-refractivity contribution in [3.8, 4) is 11.1 Å². The van der Waals surface area contributed by atoms with Crippen molar-refractivity contribution < 1.29 is 19.5 Å². The highest BCUT2D eigenvalue weighted by Crippen LogP contribution is 2.24. The highest BCUT2D eigenvalue weighted by atomic mass is 16.4. The van der Waals surface area contributed by atoms with Gasteiger partial charge in [-0.3, -0.25) is 19.4 Å². The van der Waals surface area contributed by atoms with Crippen LogP contribution in [0.5, 0.6) is 0 Å². The number of hydrogen-bond donors (Lipinski definition) is 3. The van der Waals surface area contributed by atoms with Crippen LogP contribution in [0.3, 0.4) is 0 Å². The molecule has 3 N–H and O–H groups in total. The fraction of sp³-hybridized carbons (Fsp3) is 0.394. The largest absolute Gasteiger partial charge is 0.481 e. The number of aryl methyl sites for hydroxylation is 2. The van der Waals surface area contributed by atoms with Gasteiger partial charge < -0.3 is 15.7 Å². The summed E-state index contributed by atoms with van der Waals surface area (Å²) in [6.45, 7) is 9.57. The Balaban J connectivity index is 1.62. The van der Waals surface area contributed by atoms with Gasteiger partial charge in [0.1, 0.15) is 6.04 Å². The van der Waals surface area contributed by atoms with Gasteiger partial charge in [0.25, 0.3) is 0 Å². The molecule has 1 aromatic heterocycles. The van der Waals surface area contributed by atoms with Crippen LogP contribution >= 0.6 is 0 Å². The van der Waals surface area contributed by atoms with Crippen LogP contribution in [-0.4, -0.2) is 33.9 Å². The maximum Gasteiger partial charge on any atom is 0.304 e. The van der Waals surface area contributed by atoms with E-state index in [9.17, 15) is 19.5 Å². The second kappa shape index (κ2) is 13.9. The lowest BCUT2D eigenvalue weighted by atomic mass is 9.85. The molecular formula is C33H41N3O4. The first-order chi connectivity index (χ1) is 18.9. The second-order valence-corrected chi connectivity index (χ2v) is 11.6. The van der Waals surface area contributed by atoms with Gasteiger partial charge in [0.15, 0.2) is 0 Å². The molecule has 212 valence electrons. The third-order valence-corrected chi connectivity index (χ3v) is 7.09. The third-order valence-electron chi connectivity index (χ3n) is 7.09. The maximum atomic E-state index is 13.3. The van der Waals surface area contributed by atoms with Crippen molar-refractivity contribution in [3.63, 3.8) is 0 Å². The molecule has 0 bridgehead atoms. The third kappa shape index (κ3) is 9.04. The van der Waals surface area contributed by atoms with Crippen LogP contribution in [0.15, 0.2) is 73.1 Å². The Kier molecular flexibility index (Phi) is 10.6. The van der Waals surface area contributed by atoms with E-state index in [0.29, 0.717) is 12.8 Å². The van der Waals surface area contributed by atoms with Gasteiger partial charge in [0.05, 0.1) is 12.5 Å². The Bertz CT molecular complexity index is 1280. The van der Waals surface area contributed by atoms with Gasteiger partial charge in [-0.25, -0.2) is 0 Å². The van der Waals surface area contributed by atoms with Crippen molar-refractivity contribution in [1.82, 2.24) is 15.6 Å². The average Bonchev–Trinajstić information content (AvgIpc) is 2.91. The van der Waals surface area contributed by atoms with Gasteiger partial charge in [0, 0.05) is 18.3 Å². The molecule has 0 spiro atoms.